The Morgan fingerprint density at radius 1 is 1.27 bits per heavy atom. The third kappa shape index (κ3) is 2.60. The maximum atomic E-state index is 12.3. The number of nitrogens with zero attached hydrogens (tertiary/aromatic N) is 1. The van der Waals surface area contributed by atoms with E-state index in [4.69, 9.17) is 0 Å². The van der Waals surface area contributed by atoms with E-state index in [0.29, 0.717) is 13.1 Å². The number of anilines is 1. The normalized spacial score (nSPS) is 17.7. The van der Waals surface area contributed by atoms with Crippen molar-refractivity contribution < 1.29 is 9.59 Å². The van der Waals surface area contributed by atoms with E-state index < -0.39 is 0 Å². The van der Waals surface area contributed by atoms with E-state index in [1.807, 2.05) is 42.5 Å². The fraction of sp³-hybridized carbons (Fsp3) is 0.222. The average Bonchev–Trinajstić information content (AvgIpc) is 2.94. The molecule has 1 saturated heterocycles. The Labute approximate surface area is 129 Å². The van der Waals surface area contributed by atoms with Crippen LogP contribution in [0.2, 0.25) is 0 Å². The first kappa shape index (κ1) is 14.3. The zero-order valence-corrected chi connectivity index (χ0v) is 12.3. The number of amides is 2. The molecule has 0 aromatic heterocycles. The number of nitrogens with one attached hydrogen (secondary N) is 1. The second-order valence-electron chi connectivity index (χ2n) is 5.44. The molecule has 22 heavy (non-hydrogen) atoms. The highest BCUT2D eigenvalue weighted by Crippen LogP contribution is 2.31. The van der Waals surface area contributed by atoms with E-state index >= 15 is 0 Å². The van der Waals surface area contributed by atoms with Gasteiger partial charge in [-0.1, -0.05) is 42.5 Å². The third-order valence-corrected chi connectivity index (χ3v) is 3.97. The van der Waals surface area contributed by atoms with Crippen LogP contribution in [0.5, 0.6) is 0 Å². The smallest absolute Gasteiger partial charge is 0.227 e. The second-order valence-corrected chi connectivity index (χ2v) is 5.44. The summed E-state index contributed by atoms with van der Waals surface area (Å²) in [7, 11) is 0. The Morgan fingerprint density at radius 3 is 2.86 bits per heavy atom. The van der Waals surface area contributed by atoms with E-state index in [1.54, 1.807) is 11.0 Å². The van der Waals surface area contributed by atoms with Crippen molar-refractivity contribution in [3.8, 4) is 0 Å². The van der Waals surface area contributed by atoms with E-state index in [-0.39, 0.29) is 24.2 Å². The minimum absolute atomic E-state index is 0.00453. The first-order chi connectivity index (χ1) is 10.7. The van der Waals surface area contributed by atoms with E-state index in [9.17, 15) is 9.59 Å². The lowest BCUT2D eigenvalue weighted by atomic mass is 10.1. The standard InChI is InChI=1S/C18H18N2O2/c1-2-10-19-18(22)14-11-17(21)20(12-14)16-9-5-7-13-6-3-4-8-15(13)16/h2-9,14H,1,10-12H2,(H,19,22)/t14-/m1/s1. The van der Waals surface area contributed by atoms with Gasteiger partial charge in [-0.15, -0.1) is 6.58 Å². The van der Waals surface area contributed by atoms with Crippen LogP contribution in [0.1, 0.15) is 6.42 Å². The van der Waals surface area contributed by atoms with Gasteiger partial charge in [0.25, 0.3) is 0 Å². The van der Waals surface area contributed by atoms with Gasteiger partial charge in [-0.2, -0.15) is 0 Å². The summed E-state index contributed by atoms with van der Waals surface area (Å²) in [6, 6.07) is 13.9. The molecule has 1 N–H and O–H groups in total. The fourth-order valence-corrected chi connectivity index (χ4v) is 2.88. The van der Waals surface area contributed by atoms with Crippen molar-refractivity contribution in [2.45, 2.75) is 6.42 Å². The zero-order chi connectivity index (χ0) is 15.5. The topological polar surface area (TPSA) is 49.4 Å². The Balaban J connectivity index is 1.87. The van der Waals surface area contributed by atoms with Crippen molar-refractivity contribution in [2.75, 3.05) is 18.0 Å². The molecule has 0 spiro atoms. The van der Waals surface area contributed by atoms with Crippen LogP contribution in [-0.2, 0) is 9.59 Å². The summed E-state index contributed by atoms with van der Waals surface area (Å²) in [5.74, 6) is -0.391. The molecule has 0 unspecified atom stereocenters. The highest BCUT2D eigenvalue weighted by Gasteiger charge is 2.35. The summed E-state index contributed by atoms with van der Waals surface area (Å²) in [5.41, 5.74) is 0.877. The van der Waals surface area contributed by atoms with Crippen LogP contribution in [0.25, 0.3) is 10.8 Å². The van der Waals surface area contributed by atoms with Crippen LogP contribution in [0.4, 0.5) is 5.69 Å². The molecule has 1 aliphatic rings. The molecule has 1 aliphatic heterocycles. The quantitative estimate of drug-likeness (QED) is 0.881. The van der Waals surface area contributed by atoms with Gasteiger partial charge in [-0.25, -0.2) is 0 Å². The monoisotopic (exact) mass is 294 g/mol. The molecule has 0 aliphatic carbocycles. The number of hydrogen-bond donors (Lipinski definition) is 1. The largest absolute Gasteiger partial charge is 0.352 e. The van der Waals surface area contributed by atoms with Gasteiger partial charge in [0, 0.05) is 24.9 Å². The molecule has 1 fully saturated rings. The molecular weight excluding hydrogens is 276 g/mol. The maximum absolute atomic E-state index is 12.3. The van der Waals surface area contributed by atoms with Crippen LogP contribution in [0.15, 0.2) is 55.1 Å². The third-order valence-electron chi connectivity index (χ3n) is 3.97. The van der Waals surface area contributed by atoms with Crippen molar-refractivity contribution >= 4 is 28.3 Å². The predicted molar refractivity (Wildman–Crippen MR) is 87.6 cm³/mol. The highest BCUT2D eigenvalue weighted by molar-refractivity contribution is 6.06. The zero-order valence-electron chi connectivity index (χ0n) is 12.3. The lowest BCUT2D eigenvalue weighted by molar-refractivity contribution is -0.126. The highest BCUT2D eigenvalue weighted by atomic mass is 16.2. The van der Waals surface area contributed by atoms with Crippen LogP contribution >= 0.6 is 0 Å². The average molecular weight is 294 g/mol. The van der Waals surface area contributed by atoms with Gasteiger partial charge in [0.1, 0.15) is 0 Å². The summed E-state index contributed by atoms with van der Waals surface area (Å²) in [6.07, 6.45) is 1.89. The van der Waals surface area contributed by atoms with Gasteiger partial charge in [0.05, 0.1) is 11.6 Å². The molecule has 1 heterocycles. The van der Waals surface area contributed by atoms with Crippen molar-refractivity contribution in [3.63, 3.8) is 0 Å². The molecular formula is C18H18N2O2. The summed E-state index contributed by atoms with van der Waals surface area (Å²) in [4.78, 5) is 26.1. The summed E-state index contributed by atoms with van der Waals surface area (Å²) in [5, 5.41) is 4.89. The first-order valence-electron chi connectivity index (χ1n) is 7.37. The molecule has 0 saturated carbocycles. The minimum atomic E-state index is -0.300. The van der Waals surface area contributed by atoms with Crippen molar-refractivity contribution in [3.05, 3.63) is 55.1 Å². The minimum Gasteiger partial charge on any atom is -0.352 e. The van der Waals surface area contributed by atoms with Crippen LogP contribution in [-0.4, -0.2) is 24.9 Å². The predicted octanol–water partition coefficient (Wildman–Crippen LogP) is 2.49. The number of fused-ring (bicyclic) bond motifs is 1. The van der Waals surface area contributed by atoms with Crippen molar-refractivity contribution in [1.82, 2.24) is 5.32 Å². The Kier molecular flexibility index (Phi) is 3.92. The van der Waals surface area contributed by atoms with Crippen LogP contribution < -0.4 is 10.2 Å². The number of carbonyl (C=O) groups is 2. The molecule has 3 rings (SSSR count). The van der Waals surface area contributed by atoms with Crippen molar-refractivity contribution in [2.24, 2.45) is 5.92 Å². The van der Waals surface area contributed by atoms with Crippen LogP contribution in [0, 0.1) is 5.92 Å². The first-order valence-corrected chi connectivity index (χ1v) is 7.37. The Hall–Kier alpha value is -2.62. The van der Waals surface area contributed by atoms with Gasteiger partial charge in [0.15, 0.2) is 0 Å². The molecule has 112 valence electrons. The molecule has 0 radical (unpaired) electrons. The second kappa shape index (κ2) is 6.02. The van der Waals surface area contributed by atoms with Gasteiger partial charge in [-0.05, 0) is 11.5 Å². The number of carbonyl (C=O) groups excluding carboxylic acids is 2. The van der Waals surface area contributed by atoms with Crippen LogP contribution in [0.3, 0.4) is 0 Å². The van der Waals surface area contributed by atoms with Crippen molar-refractivity contribution in [1.29, 1.82) is 0 Å². The molecule has 4 nitrogen and oxygen atoms in total. The Morgan fingerprint density at radius 2 is 2.05 bits per heavy atom. The molecule has 4 heteroatoms. The summed E-state index contributed by atoms with van der Waals surface area (Å²) >= 11 is 0. The lowest BCUT2D eigenvalue weighted by Gasteiger charge is -2.19. The van der Waals surface area contributed by atoms with E-state index in [1.165, 1.54) is 0 Å². The number of hydrogen-bond acceptors (Lipinski definition) is 2. The van der Waals surface area contributed by atoms with Gasteiger partial charge >= 0.3 is 0 Å². The fourth-order valence-electron chi connectivity index (χ4n) is 2.88. The van der Waals surface area contributed by atoms with E-state index in [0.717, 1.165) is 16.5 Å². The molecule has 0 bridgehead atoms. The molecule has 2 amide bonds. The molecule has 1 atom stereocenters. The Bertz CT molecular complexity index is 733. The van der Waals surface area contributed by atoms with Gasteiger partial charge < -0.3 is 10.2 Å². The molecule has 2 aromatic rings. The lowest BCUT2D eigenvalue weighted by Crippen LogP contribution is -2.33. The number of benzene rings is 2. The molecule has 2 aromatic carbocycles. The summed E-state index contributed by atoms with van der Waals surface area (Å²) < 4.78 is 0. The van der Waals surface area contributed by atoms with E-state index in [2.05, 4.69) is 11.9 Å². The van der Waals surface area contributed by atoms with Gasteiger partial charge in [0.2, 0.25) is 11.8 Å². The van der Waals surface area contributed by atoms with Gasteiger partial charge in [-0.3, -0.25) is 9.59 Å². The number of rotatable bonds is 4. The summed E-state index contributed by atoms with van der Waals surface area (Å²) in [6.45, 7) is 4.43. The maximum Gasteiger partial charge on any atom is 0.227 e. The SMILES string of the molecule is C=CCNC(=O)[C@@H]1CC(=O)N(c2cccc3ccccc23)C1.